The number of alkyl halides is 4. The van der Waals surface area contributed by atoms with Gasteiger partial charge in [-0.3, -0.25) is 9.63 Å². The predicted molar refractivity (Wildman–Crippen MR) is 97.5 cm³/mol. The van der Waals surface area contributed by atoms with Gasteiger partial charge in [-0.2, -0.15) is 18.7 Å². The van der Waals surface area contributed by atoms with Crippen molar-refractivity contribution in [2.75, 3.05) is 6.54 Å². The fourth-order valence-corrected chi connectivity index (χ4v) is 3.04. The lowest BCUT2D eigenvalue weighted by Gasteiger charge is -2.25. The topological polar surface area (TPSA) is 88.4 Å². The summed E-state index contributed by atoms with van der Waals surface area (Å²) in [6, 6.07) is -2.52. The fraction of sp³-hybridized carbons (Fsp3) is 0.938. The van der Waals surface area contributed by atoms with Gasteiger partial charge in [-0.05, 0) is 11.8 Å². The van der Waals surface area contributed by atoms with Crippen molar-refractivity contribution in [1.29, 1.82) is 0 Å². The molecule has 0 radical (unpaired) electrons. The van der Waals surface area contributed by atoms with Crippen LogP contribution in [0.5, 0.6) is 0 Å². The van der Waals surface area contributed by atoms with Crippen LogP contribution in [0, 0.1) is 5.41 Å². The Bertz CT molecular complexity index is 460. The zero-order chi connectivity index (χ0) is 20.1. The number of hydroxylamine groups is 1. The third-order valence-corrected chi connectivity index (χ3v) is 5.26. The van der Waals surface area contributed by atoms with E-state index in [9.17, 15) is 18.0 Å². The van der Waals surface area contributed by atoms with Crippen LogP contribution in [0.1, 0.15) is 47.0 Å². The maximum absolute atomic E-state index is 12.6. The molecule has 0 aliphatic carbocycles. The second-order valence-corrected chi connectivity index (χ2v) is 8.90. The standard InChI is InChI=1S/C16H30BrF3N4O2/c1-5-6-10(22-8-9(17)13(21)16(18,19)20)14(25)23-12-7-11(24-26-12)15(2,3)4/h9-13,22,24H,5-8,21H2,1-4H3,(H,23,25). The molecule has 1 amide bonds. The third-order valence-electron chi connectivity index (χ3n) is 4.37. The summed E-state index contributed by atoms with van der Waals surface area (Å²) in [5, 5.41) is 5.67. The molecule has 5 unspecified atom stereocenters. The lowest BCUT2D eigenvalue weighted by Crippen LogP contribution is -2.53. The average Bonchev–Trinajstić information content (AvgIpc) is 2.97. The molecule has 0 aromatic carbocycles. The molecule has 0 aromatic heterocycles. The normalized spacial score (nSPS) is 25.0. The summed E-state index contributed by atoms with van der Waals surface area (Å²) < 4.78 is 37.9. The first-order valence-corrected chi connectivity index (χ1v) is 9.69. The van der Waals surface area contributed by atoms with Crippen LogP contribution in [-0.4, -0.2) is 47.8 Å². The molecule has 1 aliphatic rings. The first-order valence-electron chi connectivity index (χ1n) is 8.77. The minimum absolute atomic E-state index is 0.0164. The highest BCUT2D eigenvalue weighted by Crippen LogP contribution is 2.27. The molecule has 1 fully saturated rings. The number of halogens is 4. The molecule has 5 N–H and O–H groups in total. The molecule has 0 spiro atoms. The van der Waals surface area contributed by atoms with Crippen LogP contribution in [0.2, 0.25) is 0 Å². The highest BCUT2D eigenvalue weighted by atomic mass is 79.9. The van der Waals surface area contributed by atoms with Crippen LogP contribution >= 0.6 is 15.9 Å². The van der Waals surface area contributed by atoms with E-state index in [1.165, 1.54) is 0 Å². The summed E-state index contributed by atoms with van der Waals surface area (Å²) in [7, 11) is 0. The minimum Gasteiger partial charge on any atom is -0.328 e. The van der Waals surface area contributed by atoms with Crippen LogP contribution < -0.4 is 21.8 Å². The van der Waals surface area contributed by atoms with Crippen LogP contribution in [0.3, 0.4) is 0 Å². The summed E-state index contributed by atoms with van der Waals surface area (Å²) in [5.41, 5.74) is 8.08. The lowest BCUT2D eigenvalue weighted by atomic mass is 9.85. The van der Waals surface area contributed by atoms with Crippen LogP contribution in [0.15, 0.2) is 0 Å². The van der Waals surface area contributed by atoms with E-state index in [2.05, 4.69) is 52.8 Å². The number of hydrogen-bond donors (Lipinski definition) is 4. The van der Waals surface area contributed by atoms with Gasteiger partial charge >= 0.3 is 6.18 Å². The maximum Gasteiger partial charge on any atom is 0.404 e. The molecular weight excluding hydrogens is 417 g/mol. The van der Waals surface area contributed by atoms with Crippen LogP contribution in [0.25, 0.3) is 0 Å². The molecular formula is C16H30BrF3N4O2. The van der Waals surface area contributed by atoms with E-state index in [1.54, 1.807) is 0 Å². The van der Waals surface area contributed by atoms with Crippen molar-refractivity contribution in [2.24, 2.45) is 11.1 Å². The van der Waals surface area contributed by atoms with E-state index in [0.29, 0.717) is 19.3 Å². The number of amides is 1. The molecule has 0 aromatic rings. The van der Waals surface area contributed by atoms with E-state index in [-0.39, 0.29) is 23.9 Å². The molecule has 1 heterocycles. The highest BCUT2D eigenvalue weighted by molar-refractivity contribution is 9.09. The maximum atomic E-state index is 12.6. The second kappa shape index (κ2) is 9.68. The molecule has 6 nitrogen and oxygen atoms in total. The molecule has 1 saturated heterocycles. The largest absolute Gasteiger partial charge is 0.404 e. The van der Waals surface area contributed by atoms with Gasteiger partial charge in [0.1, 0.15) is 6.04 Å². The molecule has 10 heteroatoms. The quantitative estimate of drug-likeness (QED) is 0.429. The Kier molecular flexibility index (Phi) is 8.79. The van der Waals surface area contributed by atoms with Gasteiger partial charge in [-0.15, -0.1) is 0 Å². The van der Waals surface area contributed by atoms with Gasteiger partial charge in [0.15, 0.2) is 6.23 Å². The van der Waals surface area contributed by atoms with Crippen molar-refractivity contribution in [3.05, 3.63) is 0 Å². The monoisotopic (exact) mass is 446 g/mol. The van der Waals surface area contributed by atoms with Crippen molar-refractivity contribution >= 4 is 21.8 Å². The SMILES string of the molecule is CCCC(NCC(Br)C(N)C(F)(F)F)C(=O)NC1CC(C(C)(C)C)NO1. The summed E-state index contributed by atoms with van der Waals surface area (Å²) >= 11 is 2.95. The summed E-state index contributed by atoms with van der Waals surface area (Å²) in [6.07, 6.45) is -3.14. The van der Waals surface area contributed by atoms with Crippen molar-refractivity contribution in [1.82, 2.24) is 16.1 Å². The number of nitrogens with one attached hydrogen (secondary N) is 3. The number of carbonyl (C=O) groups excluding carboxylic acids is 1. The predicted octanol–water partition coefficient (Wildman–Crippen LogP) is 2.18. The fourth-order valence-electron chi connectivity index (χ4n) is 2.55. The van der Waals surface area contributed by atoms with Gasteiger partial charge in [-0.25, -0.2) is 0 Å². The zero-order valence-corrected chi connectivity index (χ0v) is 17.2. The van der Waals surface area contributed by atoms with Gasteiger partial charge in [0.25, 0.3) is 0 Å². The number of carbonyl (C=O) groups is 1. The summed E-state index contributed by atoms with van der Waals surface area (Å²) in [5.74, 6) is -0.298. The van der Waals surface area contributed by atoms with Crippen molar-refractivity contribution in [3.63, 3.8) is 0 Å². The first-order chi connectivity index (χ1) is 11.9. The van der Waals surface area contributed by atoms with Crippen LogP contribution in [-0.2, 0) is 9.63 Å². The molecule has 5 atom stereocenters. The Morgan fingerprint density at radius 2 is 2.00 bits per heavy atom. The molecule has 26 heavy (non-hydrogen) atoms. The van der Waals surface area contributed by atoms with Crippen LogP contribution in [0.4, 0.5) is 13.2 Å². The van der Waals surface area contributed by atoms with E-state index in [4.69, 9.17) is 10.6 Å². The van der Waals surface area contributed by atoms with Crippen molar-refractivity contribution in [3.8, 4) is 0 Å². The van der Waals surface area contributed by atoms with Gasteiger partial charge in [0.05, 0.1) is 10.9 Å². The van der Waals surface area contributed by atoms with Gasteiger partial charge in [0.2, 0.25) is 5.91 Å². The Morgan fingerprint density at radius 1 is 1.38 bits per heavy atom. The van der Waals surface area contributed by atoms with Gasteiger partial charge < -0.3 is 16.4 Å². The Labute approximate surface area is 161 Å². The van der Waals surface area contributed by atoms with Crippen molar-refractivity contribution in [2.45, 2.75) is 82.3 Å². The minimum atomic E-state index is -4.50. The lowest BCUT2D eigenvalue weighted by molar-refractivity contribution is -0.146. The number of nitrogens with two attached hydrogens (primary N) is 1. The van der Waals surface area contributed by atoms with E-state index in [0.717, 1.165) is 0 Å². The Morgan fingerprint density at radius 3 is 2.46 bits per heavy atom. The summed E-state index contributed by atoms with van der Waals surface area (Å²) in [6.45, 7) is 8.03. The molecule has 0 saturated carbocycles. The smallest absolute Gasteiger partial charge is 0.328 e. The molecule has 1 aliphatic heterocycles. The Hall–Kier alpha value is -0.420. The third kappa shape index (κ3) is 7.30. The highest BCUT2D eigenvalue weighted by Gasteiger charge is 2.41. The number of hydrogen-bond acceptors (Lipinski definition) is 5. The van der Waals surface area contributed by atoms with Crippen molar-refractivity contribution < 1.29 is 22.8 Å². The summed E-state index contributed by atoms with van der Waals surface area (Å²) in [4.78, 5) is 16.9. The van der Waals surface area contributed by atoms with E-state index >= 15 is 0 Å². The van der Waals surface area contributed by atoms with Gasteiger partial charge in [0, 0.05) is 19.0 Å². The van der Waals surface area contributed by atoms with E-state index < -0.39 is 29.3 Å². The van der Waals surface area contributed by atoms with Gasteiger partial charge in [-0.1, -0.05) is 50.0 Å². The molecule has 154 valence electrons. The first kappa shape index (κ1) is 23.6. The Balaban J connectivity index is 2.54. The second-order valence-electron chi connectivity index (χ2n) is 7.72. The van der Waals surface area contributed by atoms with E-state index in [1.807, 2.05) is 6.92 Å². The molecule has 0 bridgehead atoms. The zero-order valence-electron chi connectivity index (χ0n) is 15.6. The molecule has 1 rings (SSSR count). The average molecular weight is 447 g/mol. The number of rotatable bonds is 8.